The quantitative estimate of drug-likeness (QED) is 0.207. The molecule has 1 aliphatic heterocycles. The molecule has 0 N–H and O–H groups in total. The summed E-state index contributed by atoms with van der Waals surface area (Å²) in [5, 5.41) is 2.06. The molecule has 0 unspecified atom stereocenters. The number of thiazole rings is 1. The number of nitrogens with zero attached hydrogens (tertiary/aromatic N) is 3. The topological polar surface area (TPSA) is 65.6 Å². The van der Waals surface area contributed by atoms with Crippen molar-refractivity contribution in [1.82, 2.24) is 9.13 Å². The first-order valence-corrected chi connectivity index (χ1v) is 15.1. The molecule has 1 atom stereocenters. The van der Waals surface area contributed by atoms with Crippen molar-refractivity contribution in [3.8, 4) is 0 Å². The van der Waals surface area contributed by atoms with Crippen LogP contribution in [0.2, 0.25) is 10.0 Å². The van der Waals surface area contributed by atoms with Crippen molar-refractivity contribution in [3.63, 3.8) is 0 Å². The Labute approximate surface area is 256 Å². The van der Waals surface area contributed by atoms with Gasteiger partial charge in [-0.1, -0.05) is 96.1 Å². The molecule has 0 fully saturated rings. The van der Waals surface area contributed by atoms with Gasteiger partial charge in [-0.2, -0.15) is 0 Å². The molecule has 0 saturated heterocycles. The molecule has 0 saturated carbocycles. The van der Waals surface area contributed by atoms with E-state index in [9.17, 15) is 9.59 Å². The van der Waals surface area contributed by atoms with Crippen molar-refractivity contribution >= 4 is 57.5 Å². The Hall–Kier alpha value is -3.91. The molecule has 212 valence electrons. The van der Waals surface area contributed by atoms with E-state index in [1.807, 2.05) is 67.6 Å². The van der Waals surface area contributed by atoms with Gasteiger partial charge < -0.3 is 9.30 Å². The van der Waals surface area contributed by atoms with Crippen molar-refractivity contribution in [2.24, 2.45) is 4.99 Å². The second-order valence-corrected chi connectivity index (χ2v) is 11.9. The molecule has 3 heterocycles. The van der Waals surface area contributed by atoms with Crippen LogP contribution in [-0.4, -0.2) is 22.2 Å². The lowest BCUT2D eigenvalue weighted by Gasteiger charge is -2.25. The number of para-hydroxylation sites is 1. The Balaban J connectivity index is 1.56. The summed E-state index contributed by atoms with van der Waals surface area (Å²) in [5.41, 5.74) is 5.66. The van der Waals surface area contributed by atoms with E-state index in [0.29, 0.717) is 43.6 Å². The molecule has 5 aromatic rings. The van der Waals surface area contributed by atoms with Gasteiger partial charge in [-0.05, 0) is 48.7 Å². The van der Waals surface area contributed by atoms with E-state index in [1.54, 1.807) is 10.6 Å². The Morgan fingerprint density at radius 1 is 1.05 bits per heavy atom. The number of halogens is 2. The van der Waals surface area contributed by atoms with E-state index in [0.717, 1.165) is 33.3 Å². The molecule has 0 spiro atoms. The van der Waals surface area contributed by atoms with Gasteiger partial charge in [0.1, 0.15) is 0 Å². The maximum atomic E-state index is 14.1. The smallest absolute Gasteiger partial charge is 0.338 e. The minimum atomic E-state index is -0.635. The number of methoxy groups -OCH3 is 1. The number of allylic oxidation sites excluding steroid dienone is 1. The molecule has 1 aliphatic rings. The summed E-state index contributed by atoms with van der Waals surface area (Å²) in [6, 6.07) is 22.7. The van der Waals surface area contributed by atoms with Crippen LogP contribution in [0, 0.1) is 6.92 Å². The molecule has 3 aromatic carbocycles. The van der Waals surface area contributed by atoms with E-state index in [1.165, 1.54) is 18.4 Å². The predicted octanol–water partition coefficient (Wildman–Crippen LogP) is 6.42. The van der Waals surface area contributed by atoms with E-state index in [4.69, 9.17) is 32.9 Å². The molecular formula is C33H27Cl2N3O3S. The van der Waals surface area contributed by atoms with Crippen LogP contribution >= 0.6 is 34.5 Å². The molecule has 0 aliphatic carbocycles. The number of rotatable bonds is 6. The van der Waals surface area contributed by atoms with Crippen molar-refractivity contribution < 1.29 is 9.53 Å². The third-order valence-corrected chi connectivity index (χ3v) is 9.37. The first kappa shape index (κ1) is 28.2. The Kier molecular flexibility index (Phi) is 7.66. The maximum Gasteiger partial charge on any atom is 0.338 e. The highest BCUT2D eigenvalue weighted by atomic mass is 35.5. The van der Waals surface area contributed by atoms with E-state index >= 15 is 0 Å². The van der Waals surface area contributed by atoms with Crippen LogP contribution in [0.3, 0.4) is 0 Å². The van der Waals surface area contributed by atoms with E-state index < -0.39 is 12.0 Å². The summed E-state index contributed by atoms with van der Waals surface area (Å²) in [6.07, 6.45) is 2.47. The molecule has 0 radical (unpaired) electrons. The Morgan fingerprint density at radius 2 is 1.79 bits per heavy atom. The number of carbonyl (C=O) groups excluding carboxylic acids is 1. The van der Waals surface area contributed by atoms with E-state index in [2.05, 4.69) is 23.6 Å². The first-order valence-electron chi connectivity index (χ1n) is 13.5. The van der Waals surface area contributed by atoms with Gasteiger partial charge in [-0.25, -0.2) is 9.79 Å². The summed E-state index contributed by atoms with van der Waals surface area (Å²) < 4.78 is 9.55. The van der Waals surface area contributed by atoms with Crippen LogP contribution in [-0.2, 0) is 16.1 Å². The average molecular weight is 617 g/mol. The molecule has 0 bridgehead atoms. The van der Waals surface area contributed by atoms with Gasteiger partial charge in [-0.3, -0.25) is 9.36 Å². The second kappa shape index (κ2) is 11.4. The zero-order valence-electron chi connectivity index (χ0n) is 23.2. The number of benzene rings is 3. The lowest BCUT2D eigenvalue weighted by Crippen LogP contribution is -2.40. The fourth-order valence-electron chi connectivity index (χ4n) is 5.61. The van der Waals surface area contributed by atoms with Crippen LogP contribution in [0.1, 0.15) is 41.8 Å². The SMILES string of the molecule is CCC1=C(C(=O)OC)[C@H](c2ccccc2)n2c(s/c(=C/c3c(C)n(Cc4ccc(Cl)c(Cl)c4)c4ccccc34)c2=O)=N1. The fraction of sp³-hybridized carbons (Fsp3) is 0.182. The molecule has 42 heavy (non-hydrogen) atoms. The van der Waals surface area contributed by atoms with Crippen LogP contribution in [0.15, 0.2) is 93.9 Å². The number of esters is 1. The van der Waals surface area contributed by atoms with Crippen molar-refractivity contribution in [2.45, 2.75) is 32.9 Å². The molecule has 6 rings (SSSR count). The summed E-state index contributed by atoms with van der Waals surface area (Å²) in [5.74, 6) is -0.486. The van der Waals surface area contributed by atoms with Gasteiger partial charge >= 0.3 is 5.97 Å². The monoisotopic (exact) mass is 615 g/mol. The third kappa shape index (κ3) is 4.81. The number of ether oxygens (including phenoxy) is 1. The highest BCUT2D eigenvalue weighted by Crippen LogP contribution is 2.32. The number of hydrogen-bond acceptors (Lipinski definition) is 5. The summed E-state index contributed by atoms with van der Waals surface area (Å²) >= 11 is 13.8. The number of carbonyl (C=O) groups is 1. The largest absolute Gasteiger partial charge is 0.466 e. The zero-order valence-corrected chi connectivity index (χ0v) is 25.6. The average Bonchev–Trinajstić information content (AvgIpc) is 3.46. The predicted molar refractivity (Wildman–Crippen MR) is 169 cm³/mol. The highest BCUT2D eigenvalue weighted by Gasteiger charge is 2.33. The lowest BCUT2D eigenvalue weighted by molar-refractivity contribution is -0.136. The standard InChI is InChI=1S/C33H27Cl2N3O3S/c1-4-26-29(32(40)41-3)30(21-10-6-5-7-11-21)38-31(39)28(42-33(38)36-26)17-23-19(2)37(27-13-9-8-12-22(23)27)18-20-14-15-24(34)25(35)16-20/h5-17,30H,4,18H2,1-3H3/b28-17+/t30-/m0/s1. The molecular weight excluding hydrogens is 589 g/mol. The molecule has 6 nitrogen and oxygen atoms in total. The first-order chi connectivity index (χ1) is 20.3. The third-order valence-electron chi connectivity index (χ3n) is 7.65. The van der Waals surface area contributed by atoms with Crippen molar-refractivity contribution in [1.29, 1.82) is 0 Å². The summed E-state index contributed by atoms with van der Waals surface area (Å²) in [4.78, 5) is 32.5. The summed E-state index contributed by atoms with van der Waals surface area (Å²) in [6.45, 7) is 4.59. The van der Waals surface area contributed by atoms with Gasteiger partial charge in [-0.15, -0.1) is 0 Å². The van der Waals surface area contributed by atoms with Crippen LogP contribution in [0.25, 0.3) is 17.0 Å². The Morgan fingerprint density at radius 3 is 2.50 bits per heavy atom. The normalized spacial score (nSPS) is 15.2. The molecule has 9 heteroatoms. The van der Waals surface area contributed by atoms with Crippen LogP contribution < -0.4 is 14.9 Å². The second-order valence-electron chi connectivity index (χ2n) is 10.0. The van der Waals surface area contributed by atoms with Crippen LogP contribution in [0.5, 0.6) is 0 Å². The van der Waals surface area contributed by atoms with Gasteiger partial charge in [0, 0.05) is 28.7 Å². The minimum absolute atomic E-state index is 0.204. The van der Waals surface area contributed by atoms with Gasteiger partial charge in [0.05, 0.1) is 39.0 Å². The summed E-state index contributed by atoms with van der Waals surface area (Å²) in [7, 11) is 1.35. The minimum Gasteiger partial charge on any atom is -0.466 e. The highest BCUT2D eigenvalue weighted by molar-refractivity contribution is 7.07. The van der Waals surface area contributed by atoms with Crippen LogP contribution in [0.4, 0.5) is 0 Å². The van der Waals surface area contributed by atoms with Crippen molar-refractivity contribution in [3.05, 3.63) is 136 Å². The molecule has 2 aromatic heterocycles. The fourth-order valence-corrected chi connectivity index (χ4v) is 6.93. The number of hydrogen-bond donors (Lipinski definition) is 0. The Bertz CT molecular complexity index is 2070. The zero-order chi connectivity index (χ0) is 29.5. The number of fused-ring (bicyclic) bond motifs is 2. The van der Waals surface area contributed by atoms with Gasteiger partial charge in [0.25, 0.3) is 5.56 Å². The van der Waals surface area contributed by atoms with E-state index in [-0.39, 0.29) is 5.56 Å². The maximum absolute atomic E-state index is 14.1. The molecule has 0 amide bonds. The van der Waals surface area contributed by atoms with Crippen molar-refractivity contribution in [2.75, 3.05) is 7.11 Å². The van der Waals surface area contributed by atoms with Gasteiger partial charge in [0.2, 0.25) is 0 Å². The van der Waals surface area contributed by atoms with Gasteiger partial charge in [0.15, 0.2) is 4.80 Å². The lowest BCUT2D eigenvalue weighted by atomic mass is 9.95. The number of aromatic nitrogens is 2.